The van der Waals surface area contributed by atoms with Gasteiger partial charge in [-0.05, 0) is 7.05 Å². The summed E-state index contributed by atoms with van der Waals surface area (Å²) in [4.78, 5) is 0. The van der Waals surface area contributed by atoms with Crippen molar-refractivity contribution >= 4 is 0 Å². The fourth-order valence-corrected chi connectivity index (χ4v) is 0. The molecule has 0 aliphatic heterocycles. The van der Waals surface area contributed by atoms with Crippen molar-refractivity contribution in [2.75, 3.05) is 7.05 Å². The Hall–Kier alpha value is 0.228. The number of hydrogen-bond donors (Lipinski definition) is 1. The van der Waals surface area contributed by atoms with E-state index in [9.17, 15) is 0 Å². The minimum Gasteiger partial charge on any atom is -0.497 e. The minimum atomic E-state index is 0. The summed E-state index contributed by atoms with van der Waals surface area (Å²) in [6, 6.07) is 0. The largest absolute Gasteiger partial charge is 0.497 e. The van der Waals surface area contributed by atoms with Crippen molar-refractivity contribution in [1.29, 1.82) is 0 Å². The van der Waals surface area contributed by atoms with Gasteiger partial charge in [-0.3, -0.25) is 0 Å². The molecule has 5 heavy (non-hydrogen) atoms. The molecule has 0 aromatic heterocycles. The van der Waals surface area contributed by atoms with E-state index in [1.165, 1.54) is 6.20 Å². The molecule has 0 aliphatic carbocycles. The number of hydrogen-bond acceptors (Lipinski definition) is 1. The molecule has 0 amide bonds. The van der Waals surface area contributed by atoms with E-state index in [2.05, 4.69) is 5.32 Å². The molecule has 0 unspecified atom stereocenters. The second-order valence-electron chi connectivity index (χ2n) is 0.455. The van der Waals surface area contributed by atoms with E-state index in [0.29, 0.717) is 0 Å². The predicted octanol–water partition coefficient (Wildman–Crippen LogP) is 0.150. The normalized spacial score (nSPS) is 4.20. The SMILES string of the molecule is [CH-]=CNC.[W]. The summed E-state index contributed by atoms with van der Waals surface area (Å²) >= 11 is 0. The van der Waals surface area contributed by atoms with Crippen LogP contribution in [0, 0.1) is 6.58 Å². The van der Waals surface area contributed by atoms with E-state index in [0.717, 1.165) is 0 Å². The van der Waals surface area contributed by atoms with Gasteiger partial charge in [0.25, 0.3) is 0 Å². The van der Waals surface area contributed by atoms with Crippen LogP contribution in [0.3, 0.4) is 0 Å². The summed E-state index contributed by atoms with van der Waals surface area (Å²) in [6.45, 7) is 4.79. The molecule has 0 aromatic carbocycles. The second-order valence-corrected chi connectivity index (χ2v) is 0.455. The number of nitrogens with one attached hydrogen (secondary N) is 1. The molecule has 0 rings (SSSR count). The van der Waals surface area contributed by atoms with E-state index in [-0.39, 0.29) is 21.1 Å². The van der Waals surface area contributed by atoms with Crippen LogP contribution >= 0.6 is 0 Å². The van der Waals surface area contributed by atoms with Crippen molar-refractivity contribution in [2.24, 2.45) is 0 Å². The molecular formula is C3H6NW-. The fraction of sp³-hybridized carbons (Fsp3) is 0.333. The van der Waals surface area contributed by atoms with Gasteiger partial charge in [0.1, 0.15) is 0 Å². The summed E-state index contributed by atoms with van der Waals surface area (Å²) < 4.78 is 0. The first-order valence-electron chi connectivity index (χ1n) is 1.12. The van der Waals surface area contributed by atoms with Crippen molar-refractivity contribution in [2.45, 2.75) is 0 Å². The van der Waals surface area contributed by atoms with E-state index >= 15 is 0 Å². The number of rotatable bonds is 1. The smallest absolute Gasteiger partial charge is 0 e. The van der Waals surface area contributed by atoms with Crippen molar-refractivity contribution in [1.82, 2.24) is 5.32 Å². The van der Waals surface area contributed by atoms with E-state index < -0.39 is 0 Å². The first-order chi connectivity index (χ1) is 1.91. The molecule has 0 bridgehead atoms. The summed E-state index contributed by atoms with van der Waals surface area (Å²) in [7, 11) is 1.75. The Morgan fingerprint density at radius 3 is 2.00 bits per heavy atom. The second kappa shape index (κ2) is 8.87. The van der Waals surface area contributed by atoms with Crippen LogP contribution in [-0.2, 0) is 21.1 Å². The maximum atomic E-state index is 4.79. The summed E-state index contributed by atoms with van der Waals surface area (Å²) in [5.74, 6) is 0. The monoisotopic (exact) mass is 240 g/mol. The van der Waals surface area contributed by atoms with Crippen LogP contribution in [0.25, 0.3) is 0 Å². The Kier molecular flexibility index (Phi) is 15.9. The maximum Gasteiger partial charge on any atom is 0 e. The first kappa shape index (κ1) is 8.97. The van der Waals surface area contributed by atoms with Gasteiger partial charge in [-0.1, -0.05) is 0 Å². The van der Waals surface area contributed by atoms with Gasteiger partial charge in [-0.15, -0.1) is 0 Å². The molecular weight excluding hydrogens is 234 g/mol. The molecule has 0 atom stereocenters. The molecule has 0 spiro atoms. The Labute approximate surface area is 46.7 Å². The van der Waals surface area contributed by atoms with Crippen LogP contribution < -0.4 is 5.32 Å². The molecule has 0 saturated heterocycles. The van der Waals surface area contributed by atoms with Gasteiger partial charge in [0, 0.05) is 21.1 Å². The van der Waals surface area contributed by atoms with Crippen molar-refractivity contribution in [3.05, 3.63) is 12.8 Å². The molecule has 0 aromatic rings. The third kappa shape index (κ3) is 13.9. The maximum absolute atomic E-state index is 4.79. The van der Waals surface area contributed by atoms with Gasteiger partial charge < -0.3 is 11.9 Å². The Balaban J connectivity index is 0. The molecule has 0 saturated carbocycles. The van der Waals surface area contributed by atoms with E-state index in [4.69, 9.17) is 6.58 Å². The average molecular weight is 240 g/mol. The van der Waals surface area contributed by atoms with Crippen LogP contribution in [0.4, 0.5) is 0 Å². The van der Waals surface area contributed by atoms with Crippen molar-refractivity contribution in [3.8, 4) is 0 Å². The van der Waals surface area contributed by atoms with Gasteiger partial charge in [0.05, 0.1) is 0 Å². The molecule has 30 valence electrons. The summed E-state index contributed by atoms with van der Waals surface area (Å²) in [6.07, 6.45) is 1.38. The van der Waals surface area contributed by atoms with Gasteiger partial charge in [0.2, 0.25) is 0 Å². The molecule has 0 aliphatic rings. The Morgan fingerprint density at radius 2 is 2.00 bits per heavy atom. The third-order valence-corrected chi connectivity index (χ3v) is 0.167. The van der Waals surface area contributed by atoms with E-state index in [1.54, 1.807) is 7.05 Å². The zero-order chi connectivity index (χ0) is 3.41. The quantitative estimate of drug-likeness (QED) is 0.643. The molecule has 0 heterocycles. The van der Waals surface area contributed by atoms with Gasteiger partial charge in [0.15, 0.2) is 0 Å². The van der Waals surface area contributed by atoms with Crippen molar-refractivity contribution in [3.63, 3.8) is 0 Å². The van der Waals surface area contributed by atoms with Gasteiger partial charge in [-0.25, -0.2) is 0 Å². The zero-order valence-corrected chi connectivity index (χ0v) is 6.00. The molecule has 1 N–H and O–H groups in total. The van der Waals surface area contributed by atoms with Crippen LogP contribution in [0.15, 0.2) is 6.20 Å². The standard InChI is InChI=1S/C3H6N.W/c1-3-4-2;/h1,3-4H,2H3;/q-1;. The van der Waals surface area contributed by atoms with Crippen molar-refractivity contribution < 1.29 is 21.1 Å². The van der Waals surface area contributed by atoms with E-state index in [1.807, 2.05) is 0 Å². The average Bonchev–Trinajstić information content (AvgIpc) is 1.37. The minimum absolute atomic E-state index is 0. The summed E-state index contributed by atoms with van der Waals surface area (Å²) in [5, 5.41) is 2.58. The molecule has 1 nitrogen and oxygen atoms in total. The Bertz CT molecular complexity index is 20.9. The molecule has 2 heteroatoms. The van der Waals surface area contributed by atoms with Gasteiger partial charge in [-0.2, -0.15) is 6.20 Å². The first-order valence-corrected chi connectivity index (χ1v) is 1.12. The molecule has 0 fully saturated rings. The Morgan fingerprint density at radius 1 is 1.80 bits per heavy atom. The van der Waals surface area contributed by atoms with Crippen LogP contribution in [0.1, 0.15) is 0 Å². The molecule has 0 radical (unpaired) electrons. The van der Waals surface area contributed by atoms with Gasteiger partial charge >= 0.3 is 0 Å². The topological polar surface area (TPSA) is 12.0 Å². The van der Waals surface area contributed by atoms with Crippen LogP contribution in [-0.4, -0.2) is 7.05 Å². The zero-order valence-electron chi connectivity index (χ0n) is 3.06. The predicted molar refractivity (Wildman–Crippen MR) is 17.9 cm³/mol. The van der Waals surface area contributed by atoms with Crippen LogP contribution in [0.2, 0.25) is 0 Å². The van der Waals surface area contributed by atoms with Crippen LogP contribution in [0.5, 0.6) is 0 Å². The fourth-order valence-electron chi connectivity index (χ4n) is 0. The third-order valence-electron chi connectivity index (χ3n) is 0.167. The summed E-state index contributed by atoms with van der Waals surface area (Å²) in [5.41, 5.74) is 0.